The molecule has 1 aliphatic carbocycles. The first kappa shape index (κ1) is 13.7. The Kier molecular flexibility index (Phi) is 4.08. The highest BCUT2D eigenvalue weighted by Gasteiger charge is 2.30. The molecule has 0 bridgehead atoms. The molecule has 0 saturated heterocycles. The van der Waals surface area contributed by atoms with E-state index in [0.717, 1.165) is 15.7 Å². The lowest BCUT2D eigenvalue weighted by molar-refractivity contribution is 0.282. The molecule has 104 valence electrons. The fraction of sp³-hybridized carbons (Fsp3) is 0.294. The Morgan fingerprint density at radius 1 is 1.10 bits per heavy atom. The van der Waals surface area contributed by atoms with Gasteiger partial charge in [0.1, 0.15) is 0 Å². The molecule has 0 atom stereocenters. The number of hydrogen-bond acceptors (Lipinski definition) is 2. The van der Waals surface area contributed by atoms with Gasteiger partial charge in [0, 0.05) is 16.2 Å². The lowest BCUT2D eigenvalue weighted by Gasteiger charge is -2.37. The summed E-state index contributed by atoms with van der Waals surface area (Å²) in [6, 6.07) is 17.2. The van der Waals surface area contributed by atoms with Crippen molar-refractivity contribution in [3.8, 4) is 0 Å². The molecule has 2 N–H and O–H groups in total. The number of anilines is 1. The maximum atomic E-state index is 9.03. The zero-order valence-electron chi connectivity index (χ0n) is 11.2. The third kappa shape index (κ3) is 3.05. The molecule has 3 rings (SSSR count). The molecule has 2 aromatic carbocycles. The van der Waals surface area contributed by atoms with Crippen LogP contribution in [-0.2, 0) is 6.61 Å². The Bertz CT molecular complexity index is 576. The van der Waals surface area contributed by atoms with Crippen LogP contribution >= 0.6 is 15.9 Å². The Hall–Kier alpha value is -1.32. The average Bonchev–Trinajstić information content (AvgIpc) is 2.43. The fourth-order valence-electron chi connectivity index (χ4n) is 2.71. The van der Waals surface area contributed by atoms with Crippen molar-refractivity contribution in [1.29, 1.82) is 0 Å². The number of aliphatic hydroxyl groups is 1. The van der Waals surface area contributed by atoms with Crippen LogP contribution in [0.15, 0.2) is 53.0 Å². The number of rotatable bonds is 4. The molecule has 1 fully saturated rings. The Morgan fingerprint density at radius 3 is 2.50 bits per heavy atom. The minimum absolute atomic E-state index is 0.106. The zero-order chi connectivity index (χ0) is 13.9. The highest BCUT2D eigenvalue weighted by Crippen LogP contribution is 2.39. The molecule has 1 aliphatic rings. The zero-order valence-corrected chi connectivity index (χ0v) is 12.8. The van der Waals surface area contributed by atoms with Gasteiger partial charge in [0.25, 0.3) is 0 Å². The van der Waals surface area contributed by atoms with Crippen LogP contribution in [0.5, 0.6) is 0 Å². The van der Waals surface area contributed by atoms with E-state index < -0.39 is 0 Å². The SMILES string of the molecule is OCc1ccc(NC2CC(c3cccc(Br)c3)C2)cc1. The molecule has 0 unspecified atom stereocenters. The molecule has 2 aromatic rings. The van der Waals surface area contributed by atoms with Gasteiger partial charge in [-0.2, -0.15) is 0 Å². The summed E-state index contributed by atoms with van der Waals surface area (Å²) in [6.07, 6.45) is 2.36. The Morgan fingerprint density at radius 2 is 1.85 bits per heavy atom. The Balaban J connectivity index is 1.55. The predicted molar refractivity (Wildman–Crippen MR) is 85.9 cm³/mol. The smallest absolute Gasteiger partial charge is 0.0681 e. The highest BCUT2D eigenvalue weighted by molar-refractivity contribution is 9.10. The van der Waals surface area contributed by atoms with Gasteiger partial charge in [0.15, 0.2) is 0 Å². The number of aliphatic hydroxyl groups excluding tert-OH is 1. The van der Waals surface area contributed by atoms with Crippen molar-refractivity contribution in [2.45, 2.75) is 31.4 Å². The lowest BCUT2D eigenvalue weighted by Crippen LogP contribution is -2.33. The van der Waals surface area contributed by atoms with Crippen molar-refractivity contribution in [1.82, 2.24) is 0 Å². The maximum absolute atomic E-state index is 9.03. The van der Waals surface area contributed by atoms with Gasteiger partial charge in [-0.05, 0) is 54.2 Å². The number of halogens is 1. The van der Waals surface area contributed by atoms with Crippen LogP contribution in [0.25, 0.3) is 0 Å². The van der Waals surface area contributed by atoms with Crippen molar-refractivity contribution in [3.63, 3.8) is 0 Å². The Labute approximate surface area is 128 Å². The second-order valence-electron chi connectivity index (χ2n) is 5.42. The summed E-state index contributed by atoms with van der Waals surface area (Å²) in [6.45, 7) is 0.106. The van der Waals surface area contributed by atoms with Crippen LogP contribution in [0.3, 0.4) is 0 Å². The lowest BCUT2D eigenvalue weighted by atomic mass is 9.76. The van der Waals surface area contributed by atoms with E-state index in [1.807, 2.05) is 24.3 Å². The van der Waals surface area contributed by atoms with Gasteiger partial charge in [0.05, 0.1) is 6.61 Å². The average molecular weight is 332 g/mol. The normalized spacial score (nSPS) is 21.3. The first-order valence-corrected chi connectivity index (χ1v) is 7.75. The molecule has 3 heteroatoms. The van der Waals surface area contributed by atoms with Crippen molar-refractivity contribution in [2.75, 3.05) is 5.32 Å². The summed E-state index contributed by atoms with van der Waals surface area (Å²) >= 11 is 3.53. The van der Waals surface area contributed by atoms with Crippen molar-refractivity contribution < 1.29 is 5.11 Å². The second kappa shape index (κ2) is 5.98. The third-order valence-electron chi connectivity index (χ3n) is 3.97. The monoisotopic (exact) mass is 331 g/mol. The molecule has 0 aromatic heterocycles. The molecule has 0 aliphatic heterocycles. The van der Waals surface area contributed by atoms with Crippen molar-refractivity contribution in [3.05, 3.63) is 64.1 Å². The van der Waals surface area contributed by atoms with E-state index in [1.54, 1.807) is 0 Å². The van der Waals surface area contributed by atoms with E-state index >= 15 is 0 Å². The standard InChI is InChI=1S/C17H18BrNO/c18-15-3-1-2-13(8-15)14-9-17(10-14)19-16-6-4-12(11-20)5-7-16/h1-8,14,17,19-20H,9-11H2. The summed E-state index contributed by atoms with van der Waals surface area (Å²) in [4.78, 5) is 0. The van der Waals surface area contributed by atoms with Crippen LogP contribution in [0, 0.1) is 0 Å². The highest BCUT2D eigenvalue weighted by atomic mass is 79.9. The largest absolute Gasteiger partial charge is 0.392 e. The third-order valence-corrected chi connectivity index (χ3v) is 4.46. The number of hydrogen-bond donors (Lipinski definition) is 2. The summed E-state index contributed by atoms with van der Waals surface area (Å²) in [5, 5.41) is 12.6. The summed E-state index contributed by atoms with van der Waals surface area (Å²) in [7, 11) is 0. The molecule has 1 saturated carbocycles. The fourth-order valence-corrected chi connectivity index (χ4v) is 3.13. The number of nitrogens with one attached hydrogen (secondary N) is 1. The van der Waals surface area contributed by atoms with Crippen LogP contribution in [0.2, 0.25) is 0 Å². The number of benzene rings is 2. The van der Waals surface area contributed by atoms with E-state index in [0.29, 0.717) is 12.0 Å². The minimum atomic E-state index is 0.106. The van der Waals surface area contributed by atoms with E-state index in [9.17, 15) is 0 Å². The van der Waals surface area contributed by atoms with Crippen molar-refractivity contribution in [2.24, 2.45) is 0 Å². The first-order valence-electron chi connectivity index (χ1n) is 6.96. The second-order valence-corrected chi connectivity index (χ2v) is 6.34. The van der Waals surface area contributed by atoms with Crippen LogP contribution < -0.4 is 5.32 Å². The van der Waals surface area contributed by atoms with Crippen LogP contribution in [0.1, 0.15) is 29.9 Å². The quantitative estimate of drug-likeness (QED) is 0.875. The van der Waals surface area contributed by atoms with Crippen LogP contribution in [-0.4, -0.2) is 11.1 Å². The van der Waals surface area contributed by atoms with Crippen LogP contribution in [0.4, 0.5) is 5.69 Å². The molecule has 0 heterocycles. The van der Waals surface area contributed by atoms with Gasteiger partial charge in [0.2, 0.25) is 0 Å². The topological polar surface area (TPSA) is 32.3 Å². The minimum Gasteiger partial charge on any atom is -0.392 e. The van der Waals surface area contributed by atoms with E-state index in [2.05, 4.69) is 45.5 Å². The van der Waals surface area contributed by atoms with E-state index in [4.69, 9.17) is 5.11 Å². The molecular formula is C17H18BrNO. The molecule has 0 radical (unpaired) electrons. The predicted octanol–water partition coefficient (Wildman–Crippen LogP) is 4.30. The summed E-state index contributed by atoms with van der Waals surface area (Å²) in [5.74, 6) is 0.668. The molecular weight excluding hydrogens is 314 g/mol. The summed E-state index contributed by atoms with van der Waals surface area (Å²) < 4.78 is 1.16. The van der Waals surface area contributed by atoms with Gasteiger partial charge in [-0.3, -0.25) is 0 Å². The van der Waals surface area contributed by atoms with Gasteiger partial charge in [-0.15, -0.1) is 0 Å². The first-order chi connectivity index (χ1) is 9.74. The van der Waals surface area contributed by atoms with Gasteiger partial charge in [-0.25, -0.2) is 0 Å². The van der Waals surface area contributed by atoms with Crippen molar-refractivity contribution >= 4 is 21.6 Å². The molecule has 0 spiro atoms. The maximum Gasteiger partial charge on any atom is 0.0681 e. The molecule has 0 amide bonds. The van der Waals surface area contributed by atoms with E-state index in [1.165, 1.54) is 18.4 Å². The summed E-state index contributed by atoms with van der Waals surface area (Å²) in [5.41, 5.74) is 3.52. The molecule has 20 heavy (non-hydrogen) atoms. The molecule has 2 nitrogen and oxygen atoms in total. The van der Waals surface area contributed by atoms with E-state index in [-0.39, 0.29) is 6.61 Å². The van der Waals surface area contributed by atoms with Gasteiger partial charge in [-0.1, -0.05) is 40.2 Å². The van der Waals surface area contributed by atoms with Gasteiger partial charge < -0.3 is 10.4 Å². The van der Waals surface area contributed by atoms with Gasteiger partial charge >= 0.3 is 0 Å².